The molecule has 104 valence electrons. The summed E-state index contributed by atoms with van der Waals surface area (Å²) < 4.78 is 0. The van der Waals surface area contributed by atoms with Gasteiger partial charge in [0, 0.05) is 5.25 Å². The van der Waals surface area contributed by atoms with Gasteiger partial charge in [-0.3, -0.25) is 0 Å². The lowest BCUT2D eigenvalue weighted by molar-refractivity contribution is 0.259. The molecule has 1 atom stereocenters. The van der Waals surface area contributed by atoms with Crippen molar-refractivity contribution in [2.24, 2.45) is 0 Å². The minimum absolute atomic E-state index is 0.624. The number of rotatable bonds is 12. The van der Waals surface area contributed by atoms with Crippen LogP contribution in [0.4, 0.5) is 0 Å². The van der Waals surface area contributed by atoms with Crippen LogP contribution in [0.1, 0.15) is 72.1 Å². The average molecular weight is 260 g/mol. The maximum Gasteiger partial charge on any atom is 0.00171 e. The van der Waals surface area contributed by atoms with E-state index in [1.54, 1.807) is 0 Å². The van der Waals surface area contributed by atoms with Gasteiger partial charge in [0.1, 0.15) is 0 Å². The van der Waals surface area contributed by atoms with Crippen LogP contribution in [0.15, 0.2) is 0 Å². The highest BCUT2D eigenvalue weighted by Crippen LogP contribution is 2.12. The Labute approximate surface area is 115 Å². The van der Waals surface area contributed by atoms with Crippen molar-refractivity contribution in [2.45, 2.75) is 77.4 Å². The lowest BCUT2D eigenvalue weighted by atomic mass is 10.1. The Bertz CT molecular complexity index is 142. The van der Waals surface area contributed by atoms with E-state index in [0.29, 0.717) is 5.25 Å². The predicted molar refractivity (Wildman–Crippen MR) is 83.2 cm³/mol. The summed E-state index contributed by atoms with van der Waals surface area (Å²) in [6.45, 7) is 10.7. The molecule has 0 aromatic rings. The Balaban J connectivity index is 3.65. The van der Waals surface area contributed by atoms with Crippen molar-refractivity contribution in [1.82, 2.24) is 4.90 Å². The second kappa shape index (κ2) is 12.8. The molecule has 0 spiro atoms. The Hall–Kier alpha value is 0.310. The highest BCUT2D eigenvalue weighted by molar-refractivity contribution is 7.80. The van der Waals surface area contributed by atoms with Gasteiger partial charge in [-0.25, -0.2) is 0 Å². The largest absolute Gasteiger partial charge is 0.303 e. The molecule has 0 fully saturated rings. The van der Waals surface area contributed by atoms with Crippen molar-refractivity contribution in [3.63, 3.8) is 0 Å². The fourth-order valence-corrected chi connectivity index (χ4v) is 2.57. The van der Waals surface area contributed by atoms with E-state index in [9.17, 15) is 0 Å². The summed E-state index contributed by atoms with van der Waals surface area (Å²) >= 11 is 4.64. The molecule has 1 nitrogen and oxygen atoms in total. The predicted octanol–water partition coefficient (Wildman–Crippen LogP) is 4.77. The zero-order chi connectivity index (χ0) is 12.9. The van der Waals surface area contributed by atoms with Crippen LogP contribution in [0.5, 0.6) is 0 Å². The second-order valence-corrected chi connectivity index (χ2v) is 5.86. The molecular formula is C15H33NS. The Kier molecular flexibility index (Phi) is 13.0. The van der Waals surface area contributed by atoms with E-state index < -0.39 is 0 Å². The Morgan fingerprint density at radius 2 is 1.29 bits per heavy atom. The van der Waals surface area contributed by atoms with Crippen LogP contribution in [-0.2, 0) is 0 Å². The maximum absolute atomic E-state index is 4.64. The van der Waals surface area contributed by atoms with Gasteiger partial charge in [-0.1, -0.05) is 40.0 Å². The highest BCUT2D eigenvalue weighted by atomic mass is 32.1. The van der Waals surface area contributed by atoms with Gasteiger partial charge >= 0.3 is 0 Å². The van der Waals surface area contributed by atoms with Crippen molar-refractivity contribution in [2.75, 3.05) is 19.6 Å². The van der Waals surface area contributed by atoms with E-state index in [0.717, 1.165) is 0 Å². The number of unbranched alkanes of at least 4 members (excludes halogenated alkanes) is 2. The number of thiol groups is 1. The van der Waals surface area contributed by atoms with E-state index in [2.05, 4.69) is 38.3 Å². The van der Waals surface area contributed by atoms with Crippen molar-refractivity contribution >= 4 is 12.6 Å². The molecular weight excluding hydrogens is 226 g/mol. The quantitative estimate of drug-likeness (QED) is 0.494. The van der Waals surface area contributed by atoms with Crippen LogP contribution in [0.25, 0.3) is 0 Å². The molecule has 0 heterocycles. The van der Waals surface area contributed by atoms with Gasteiger partial charge in [-0.2, -0.15) is 12.6 Å². The lowest BCUT2D eigenvalue weighted by Gasteiger charge is -2.22. The Morgan fingerprint density at radius 1 is 0.765 bits per heavy atom. The first-order chi connectivity index (χ1) is 8.24. The summed E-state index contributed by atoms with van der Waals surface area (Å²) in [6, 6.07) is 0. The summed E-state index contributed by atoms with van der Waals surface area (Å²) in [7, 11) is 0. The summed E-state index contributed by atoms with van der Waals surface area (Å²) in [5.74, 6) is 0. The van der Waals surface area contributed by atoms with Crippen molar-refractivity contribution < 1.29 is 0 Å². The average Bonchev–Trinajstić information content (AvgIpc) is 2.32. The van der Waals surface area contributed by atoms with Crippen molar-refractivity contribution in [3.05, 3.63) is 0 Å². The molecule has 0 N–H and O–H groups in total. The van der Waals surface area contributed by atoms with Crippen LogP contribution in [0.3, 0.4) is 0 Å². The van der Waals surface area contributed by atoms with E-state index in [1.165, 1.54) is 71.0 Å². The third-order valence-corrected chi connectivity index (χ3v) is 3.81. The third kappa shape index (κ3) is 11.1. The van der Waals surface area contributed by atoms with E-state index in [-0.39, 0.29) is 0 Å². The molecule has 0 aliphatic rings. The molecule has 0 bridgehead atoms. The first-order valence-corrected chi connectivity index (χ1v) is 8.16. The number of hydrogen-bond acceptors (Lipinski definition) is 2. The van der Waals surface area contributed by atoms with Crippen molar-refractivity contribution in [1.29, 1.82) is 0 Å². The Morgan fingerprint density at radius 3 is 1.76 bits per heavy atom. The monoisotopic (exact) mass is 259 g/mol. The fourth-order valence-electron chi connectivity index (χ4n) is 2.13. The van der Waals surface area contributed by atoms with Gasteiger partial charge in [0.25, 0.3) is 0 Å². The molecule has 1 unspecified atom stereocenters. The normalized spacial score (nSPS) is 13.2. The molecule has 2 heteroatoms. The summed E-state index contributed by atoms with van der Waals surface area (Å²) in [5, 5.41) is 0.624. The van der Waals surface area contributed by atoms with Crippen LogP contribution in [-0.4, -0.2) is 29.8 Å². The lowest BCUT2D eigenvalue weighted by Crippen LogP contribution is -2.27. The van der Waals surface area contributed by atoms with Crippen molar-refractivity contribution in [3.8, 4) is 0 Å². The van der Waals surface area contributed by atoms with Gasteiger partial charge in [-0.15, -0.1) is 0 Å². The molecule has 0 aliphatic carbocycles. The maximum atomic E-state index is 4.64. The molecule has 0 aromatic carbocycles. The molecule has 0 rings (SSSR count). The van der Waals surface area contributed by atoms with Crippen LogP contribution in [0, 0.1) is 0 Å². The molecule has 0 aliphatic heterocycles. The molecule has 0 saturated carbocycles. The first kappa shape index (κ1) is 17.3. The second-order valence-electron chi connectivity index (χ2n) is 5.13. The van der Waals surface area contributed by atoms with Crippen LogP contribution < -0.4 is 0 Å². The fraction of sp³-hybridized carbons (Fsp3) is 1.00. The van der Waals surface area contributed by atoms with Crippen LogP contribution >= 0.6 is 12.6 Å². The topological polar surface area (TPSA) is 3.24 Å². The van der Waals surface area contributed by atoms with Gasteiger partial charge in [0.05, 0.1) is 0 Å². The molecule has 17 heavy (non-hydrogen) atoms. The molecule has 0 amide bonds. The molecule has 0 aromatic heterocycles. The zero-order valence-corrected chi connectivity index (χ0v) is 13.1. The molecule has 0 radical (unpaired) electrons. The summed E-state index contributed by atoms with van der Waals surface area (Å²) in [6.07, 6.45) is 10.5. The minimum Gasteiger partial charge on any atom is -0.303 e. The smallest absolute Gasteiger partial charge is 0.00171 e. The van der Waals surface area contributed by atoms with Gasteiger partial charge in [-0.05, 0) is 51.7 Å². The summed E-state index contributed by atoms with van der Waals surface area (Å²) in [5.41, 5.74) is 0. The van der Waals surface area contributed by atoms with Gasteiger partial charge in [0.15, 0.2) is 0 Å². The molecule has 0 saturated heterocycles. The standard InChI is InChI=1S/C15H33NS/c1-4-7-12-16(13-8-5-2)14-9-11-15(17)10-6-3/h15,17H,4-14H2,1-3H3. The minimum atomic E-state index is 0.624. The van der Waals surface area contributed by atoms with E-state index in [4.69, 9.17) is 0 Å². The third-order valence-electron chi connectivity index (χ3n) is 3.29. The zero-order valence-electron chi connectivity index (χ0n) is 12.2. The highest BCUT2D eigenvalue weighted by Gasteiger charge is 2.06. The SMILES string of the molecule is CCCCN(CCCC)CCCC(S)CCC. The van der Waals surface area contributed by atoms with Crippen LogP contribution in [0.2, 0.25) is 0 Å². The first-order valence-electron chi connectivity index (χ1n) is 7.64. The summed E-state index contributed by atoms with van der Waals surface area (Å²) in [4.78, 5) is 2.65. The number of hydrogen-bond donors (Lipinski definition) is 1. The number of nitrogens with zero attached hydrogens (tertiary/aromatic N) is 1. The van der Waals surface area contributed by atoms with E-state index in [1.807, 2.05) is 0 Å². The van der Waals surface area contributed by atoms with E-state index >= 15 is 0 Å². The van der Waals surface area contributed by atoms with Gasteiger partial charge < -0.3 is 4.90 Å². The van der Waals surface area contributed by atoms with Gasteiger partial charge in [0.2, 0.25) is 0 Å².